The fourth-order valence-electron chi connectivity index (χ4n) is 2.78. The van der Waals surface area contributed by atoms with E-state index in [2.05, 4.69) is 19.2 Å². The maximum Gasteiger partial charge on any atom is 0.341 e. The van der Waals surface area contributed by atoms with Crippen LogP contribution in [0.4, 0.5) is 5.69 Å². The minimum Gasteiger partial charge on any atom is -0.493 e. The molecule has 29 heavy (non-hydrogen) atoms. The fourth-order valence-corrected chi connectivity index (χ4v) is 2.78. The Balaban J connectivity index is 3.04. The van der Waals surface area contributed by atoms with Gasteiger partial charge in [-0.05, 0) is 51.3 Å². The van der Waals surface area contributed by atoms with E-state index in [0.717, 1.165) is 32.1 Å². The van der Waals surface area contributed by atoms with Crippen molar-refractivity contribution in [2.24, 2.45) is 0 Å². The number of nitrogens with one attached hydrogen (secondary N) is 1. The summed E-state index contributed by atoms with van der Waals surface area (Å²) in [5, 5.41) is 2.90. The molecule has 1 N–H and O–H groups in total. The SMILES string of the molecule is CCCCOc1ccc(NC(=O)C(C)(CCCC)OCCC)cc1C(=O)OCC. The van der Waals surface area contributed by atoms with Crippen molar-refractivity contribution in [1.29, 1.82) is 0 Å². The molecule has 0 spiro atoms. The van der Waals surface area contributed by atoms with Crippen molar-refractivity contribution in [3.63, 3.8) is 0 Å². The highest BCUT2D eigenvalue weighted by Crippen LogP contribution is 2.27. The standard InChI is InChI=1S/C23H37NO5/c1-6-10-14-23(5,29-15-8-3)22(26)24-18-12-13-20(28-16-11-7-2)19(17-18)21(25)27-9-4/h12-13,17H,6-11,14-16H2,1-5H3,(H,24,26). The summed E-state index contributed by atoms with van der Waals surface area (Å²) < 4.78 is 16.8. The highest BCUT2D eigenvalue weighted by atomic mass is 16.5. The van der Waals surface area contributed by atoms with Crippen LogP contribution in [0.3, 0.4) is 0 Å². The Kier molecular flexibility index (Phi) is 11.4. The van der Waals surface area contributed by atoms with Crippen LogP contribution in [-0.4, -0.2) is 37.3 Å². The average Bonchev–Trinajstić information content (AvgIpc) is 2.71. The van der Waals surface area contributed by atoms with Gasteiger partial charge in [-0.1, -0.05) is 40.0 Å². The van der Waals surface area contributed by atoms with E-state index < -0.39 is 11.6 Å². The molecule has 0 fully saturated rings. The van der Waals surface area contributed by atoms with Gasteiger partial charge in [-0.25, -0.2) is 4.79 Å². The molecule has 0 aliphatic carbocycles. The lowest BCUT2D eigenvalue weighted by atomic mass is 9.97. The molecule has 6 nitrogen and oxygen atoms in total. The van der Waals surface area contributed by atoms with Crippen LogP contribution in [0.2, 0.25) is 0 Å². The molecular weight excluding hydrogens is 370 g/mol. The van der Waals surface area contributed by atoms with Crippen LogP contribution in [-0.2, 0) is 14.3 Å². The van der Waals surface area contributed by atoms with Gasteiger partial charge < -0.3 is 19.5 Å². The third-order valence-corrected chi connectivity index (χ3v) is 4.60. The first-order chi connectivity index (χ1) is 13.9. The largest absolute Gasteiger partial charge is 0.493 e. The van der Waals surface area contributed by atoms with Crippen LogP contribution in [0.1, 0.15) is 83.5 Å². The van der Waals surface area contributed by atoms with E-state index in [0.29, 0.717) is 36.6 Å². The fraction of sp³-hybridized carbons (Fsp3) is 0.652. The van der Waals surface area contributed by atoms with Gasteiger partial charge in [0.15, 0.2) is 0 Å². The van der Waals surface area contributed by atoms with Gasteiger partial charge in [-0.15, -0.1) is 0 Å². The van der Waals surface area contributed by atoms with Crippen LogP contribution >= 0.6 is 0 Å². The average molecular weight is 408 g/mol. The van der Waals surface area contributed by atoms with E-state index in [1.807, 2.05) is 13.8 Å². The molecule has 0 saturated carbocycles. The predicted molar refractivity (Wildman–Crippen MR) is 116 cm³/mol. The molecule has 1 aromatic rings. The predicted octanol–water partition coefficient (Wildman–Crippen LogP) is 5.36. The highest BCUT2D eigenvalue weighted by molar-refractivity contribution is 5.99. The molecule has 0 heterocycles. The first-order valence-electron chi connectivity index (χ1n) is 10.8. The monoisotopic (exact) mass is 407 g/mol. The number of amides is 1. The number of benzene rings is 1. The quantitative estimate of drug-likeness (QED) is 0.332. The Morgan fingerprint density at radius 1 is 1.00 bits per heavy atom. The van der Waals surface area contributed by atoms with Gasteiger partial charge in [-0.2, -0.15) is 0 Å². The number of carbonyl (C=O) groups is 2. The molecule has 6 heteroatoms. The highest BCUT2D eigenvalue weighted by Gasteiger charge is 2.33. The molecule has 1 unspecified atom stereocenters. The molecule has 0 radical (unpaired) electrons. The summed E-state index contributed by atoms with van der Waals surface area (Å²) in [7, 11) is 0. The minimum absolute atomic E-state index is 0.214. The molecular formula is C23H37NO5. The van der Waals surface area contributed by atoms with Gasteiger partial charge in [0.25, 0.3) is 5.91 Å². The number of hydrogen-bond donors (Lipinski definition) is 1. The second-order valence-corrected chi connectivity index (χ2v) is 7.27. The Bertz CT molecular complexity index is 636. The molecule has 0 bridgehead atoms. The van der Waals surface area contributed by atoms with Crippen LogP contribution in [0.25, 0.3) is 0 Å². The van der Waals surface area contributed by atoms with Crippen LogP contribution in [0.15, 0.2) is 18.2 Å². The molecule has 1 amide bonds. The molecule has 1 aromatic carbocycles. The lowest BCUT2D eigenvalue weighted by molar-refractivity contribution is -0.140. The van der Waals surface area contributed by atoms with E-state index in [1.54, 1.807) is 25.1 Å². The molecule has 0 aliphatic heterocycles. The zero-order valence-electron chi connectivity index (χ0n) is 18.6. The summed E-state index contributed by atoms with van der Waals surface area (Å²) in [6.45, 7) is 11.1. The van der Waals surface area contributed by atoms with Crippen molar-refractivity contribution >= 4 is 17.6 Å². The van der Waals surface area contributed by atoms with Crippen molar-refractivity contribution in [2.45, 2.75) is 78.7 Å². The van der Waals surface area contributed by atoms with Gasteiger partial charge in [0, 0.05) is 12.3 Å². The van der Waals surface area contributed by atoms with Gasteiger partial charge in [0.1, 0.15) is 16.9 Å². The minimum atomic E-state index is -0.910. The Morgan fingerprint density at radius 3 is 2.34 bits per heavy atom. The normalized spacial score (nSPS) is 12.9. The summed E-state index contributed by atoms with van der Waals surface area (Å²) in [6.07, 6.45) is 5.24. The molecule has 0 aliphatic rings. The van der Waals surface area contributed by atoms with Crippen LogP contribution < -0.4 is 10.1 Å². The van der Waals surface area contributed by atoms with Gasteiger partial charge >= 0.3 is 5.97 Å². The Hall–Kier alpha value is -2.08. The summed E-state index contributed by atoms with van der Waals surface area (Å²) in [4.78, 5) is 25.3. The number of carbonyl (C=O) groups excluding carboxylic acids is 2. The number of ether oxygens (including phenoxy) is 3. The maximum atomic E-state index is 13.0. The zero-order valence-corrected chi connectivity index (χ0v) is 18.6. The molecule has 0 saturated heterocycles. The number of esters is 1. The lowest BCUT2D eigenvalue weighted by Gasteiger charge is -2.28. The second kappa shape index (κ2) is 13.2. The Labute approximate surface area is 175 Å². The molecule has 164 valence electrons. The zero-order chi connectivity index (χ0) is 21.7. The van der Waals surface area contributed by atoms with Gasteiger partial charge in [-0.3, -0.25) is 4.79 Å². The van der Waals surface area contributed by atoms with Gasteiger partial charge in [0.05, 0.1) is 13.2 Å². The lowest BCUT2D eigenvalue weighted by Crippen LogP contribution is -2.43. The first-order valence-corrected chi connectivity index (χ1v) is 10.8. The van der Waals surface area contributed by atoms with Crippen molar-refractivity contribution in [2.75, 3.05) is 25.1 Å². The van der Waals surface area contributed by atoms with Crippen molar-refractivity contribution in [1.82, 2.24) is 0 Å². The van der Waals surface area contributed by atoms with Crippen LogP contribution in [0, 0.1) is 0 Å². The van der Waals surface area contributed by atoms with E-state index in [1.165, 1.54) is 0 Å². The summed E-state index contributed by atoms with van der Waals surface area (Å²) in [6, 6.07) is 5.05. The summed E-state index contributed by atoms with van der Waals surface area (Å²) in [5.74, 6) is -0.217. The number of hydrogen-bond acceptors (Lipinski definition) is 5. The number of anilines is 1. The van der Waals surface area contributed by atoms with Crippen molar-refractivity contribution in [3.05, 3.63) is 23.8 Å². The van der Waals surface area contributed by atoms with E-state index in [4.69, 9.17) is 14.2 Å². The molecule has 0 aromatic heterocycles. The van der Waals surface area contributed by atoms with Crippen molar-refractivity contribution < 1.29 is 23.8 Å². The second-order valence-electron chi connectivity index (χ2n) is 7.27. The van der Waals surface area contributed by atoms with Crippen LogP contribution in [0.5, 0.6) is 5.75 Å². The smallest absolute Gasteiger partial charge is 0.341 e. The summed E-state index contributed by atoms with van der Waals surface area (Å²) in [5.41, 5.74) is -0.0823. The Morgan fingerprint density at radius 2 is 1.72 bits per heavy atom. The third kappa shape index (κ3) is 8.05. The van der Waals surface area contributed by atoms with E-state index in [9.17, 15) is 9.59 Å². The van der Waals surface area contributed by atoms with E-state index >= 15 is 0 Å². The van der Waals surface area contributed by atoms with Crippen molar-refractivity contribution in [3.8, 4) is 5.75 Å². The molecule has 1 atom stereocenters. The van der Waals surface area contributed by atoms with Gasteiger partial charge in [0.2, 0.25) is 0 Å². The molecule has 1 rings (SSSR count). The maximum absolute atomic E-state index is 13.0. The topological polar surface area (TPSA) is 73.9 Å². The number of unbranched alkanes of at least 4 members (excludes halogenated alkanes) is 2. The summed E-state index contributed by atoms with van der Waals surface area (Å²) >= 11 is 0. The number of rotatable bonds is 14. The third-order valence-electron chi connectivity index (χ3n) is 4.60. The van der Waals surface area contributed by atoms with E-state index in [-0.39, 0.29) is 12.5 Å². The first kappa shape index (κ1) is 25.0.